The first-order valence-corrected chi connectivity index (χ1v) is 12.1. The predicted molar refractivity (Wildman–Crippen MR) is 113 cm³/mol. The number of piperazine rings is 1. The lowest BCUT2D eigenvalue weighted by Crippen LogP contribution is -2.52. The Morgan fingerprint density at radius 3 is 2.31 bits per heavy atom. The highest BCUT2D eigenvalue weighted by Gasteiger charge is 2.32. The molecule has 1 aromatic carbocycles. The second-order valence-electron chi connectivity index (χ2n) is 8.43. The van der Waals surface area contributed by atoms with E-state index in [0.717, 1.165) is 35.5 Å². The summed E-state index contributed by atoms with van der Waals surface area (Å²) in [5, 5.41) is 4.01. The number of sulfonamides is 1. The molecule has 0 unspecified atom stereocenters. The first-order chi connectivity index (χ1) is 13.9. The topological polar surface area (TPSA) is 66.7 Å². The zero-order valence-corrected chi connectivity index (χ0v) is 18.5. The molecule has 1 aromatic heterocycles. The van der Waals surface area contributed by atoms with E-state index >= 15 is 0 Å². The van der Waals surface area contributed by atoms with Gasteiger partial charge in [-0.2, -0.15) is 4.31 Å². The van der Waals surface area contributed by atoms with Crippen LogP contribution in [0.15, 0.2) is 27.6 Å². The molecule has 6 nitrogen and oxygen atoms in total. The van der Waals surface area contributed by atoms with Crippen LogP contribution in [0.25, 0.3) is 11.3 Å². The van der Waals surface area contributed by atoms with Crippen molar-refractivity contribution < 1.29 is 12.9 Å². The Hall–Kier alpha value is -1.70. The molecule has 2 fully saturated rings. The van der Waals surface area contributed by atoms with Crippen molar-refractivity contribution in [2.24, 2.45) is 0 Å². The van der Waals surface area contributed by atoms with E-state index in [9.17, 15) is 8.42 Å². The summed E-state index contributed by atoms with van der Waals surface area (Å²) >= 11 is 0. The molecular formula is C22H31N3O3S. The summed E-state index contributed by atoms with van der Waals surface area (Å²) in [6, 6.07) is 6.14. The number of rotatable bonds is 4. The summed E-state index contributed by atoms with van der Waals surface area (Å²) in [4.78, 5) is 2.87. The van der Waals surface area contributed by atoms with Crippen LogP contribution in [0.1, 0.15) is 48.9 Å². The van der Waals surface area contributed by atoms with Crippen LogP contribution in [0.5, 0.6) is 0 Å². The van der Waals surface area contributed by atoms with Crippen LogP contribution in [-0.4, -0.2) is 55.0 Å². The fourth-order valence-corrected chi connectivity index (χ4v) is 6.27. The summed E-state index contributed by atoms with van der Waals surface area (Å²) < 4.78 is 34.0. The fraction of sp³-hybridized carbons (Fsp3) is 0.591. The molecule has 2 heterocycles. The van der Waals surface area contributed by atoms with Gasteiger partial charge in [0.1, 0.15) is 0 Å². The summed E-state index contributed by atoms with van der Waals surface area (Å²) in [6.07, 6.45) is 6.45. The Kier molecular flexibility index (Phi) is 5.82. The third-order valence-corrected chi connectivity index (χ3v) is 8.63. The molecular weight excluding hydrogens is 386 g/mol. The van der Waals surface area contributed by atoms with Gasteiger partial charge in [-0.25, -0.2) is 8.42 Å². The summed E-state index contributed by atoms with van der Waals surface area (Å²) in [7, 11) is -3.54. The van der Waals surface area contributed by atoms with Crippen LogP contribution in [0.3, 0.4) is 0 Å². The second-order valence-corrected chi connectivity index (χ2v) is 10.3. The molecule has 0 bridgehead atoms. The van der Waals surface area contributed by atoms with Gasteiger partial charge < -0.3 is 4.52 Å². The molecule has 29 heavy (non-hydrogen) atoms. The smallest absolute Gasteiger partial charge is 0.243 e. The molecule has 7 heteroatoms. The maximum Gasteiger partial charge on any atom is 0.243 e. The van der Waals surface area contributed by atoms with Gasteiger partial charge >= 0.3 is 0 Å². The molecule has 0 amide bonds. The van der Waals surface area contributed by atoms with Crippen molar-refractivity contribution in [2.45, 2.75) is 63.8 Å². The number of aromatic nitrogens is 1. The third-order valence-electron chi connectivity index (χ3n) is 6.59. The van der Waals surface area contributed by atoms with Crippen LogP contribution >= 0.6 is 0 Å². The number of benzene rings is 1. The van der Waals surface area contributed by atoms with Crippen LogP contribution in [-0.2, 0) is 10.0 Å². The van der Waals surface area contributed by atoms with Crippen LogP contribution in [0, 0.1) is 20.8 Å². The molecule has 158 valence electrons. The molecule has 1 saturated heterocycles. The van der Waals surface area contributed by atoms with Crippen molar-refractivity contribution >= 4 is 10.0 Å². The van der Waals surface area contributed by atoms with Crippen molar-refractivity contribution in [3.8, 4) is 11.3 Å². The van der Waals surface area contributed by atoms with Crippen LogP contribution in [0.4, 0.5) is 0 Å². The van der Waals surface area contributed by atoms with Gasteiger partial charge in [-0.3, -0.25) is 4.90 Å². The SMILES string of the molecule is Cc1ccc(-c2onc(C)c2C)cc1S(=O)(=O)N1CCN(C2CCCCC2)CC1. The maximum absolute atomic E-state index is 13.4. The number of nitrogens with zero attached hydrogens (tertiary/aromatic N) is 3. The van der Waals surface area contributed by atoms with Gasteiger partial charge in [-0.05, 0) is 45.2 Å². The van der Waals surface area contributed by atoms with Gasteiger partial charge in [0, 0.05) is 43.3 Å². The van der Waals surface area contributed by atoms with Crippen LogP contribution in [0.2, 0.25) is 0 Å². The molecule has 1 aliphatic heterocycles. The Bertz CT molecular complexity index is 969. The third kappa shape index (κ3) is 4.00. The Labute approximate surface area is 173 Å². The summed E-state index contributed by atoms with van der Waals surface area (Å²) in [5.74, 6) is 0.640. The molecule has 1 saturated carbocycles. The van der Waals surface area contributed by atoms with E-state index in [0.29, 0.717) is 29.8 Å². The number of hydrogen-bond donors (Lipinski definition) is 0. The lowest BCUT2D eigenvalue weighted by molar-refractivity contribution is 0.111. The largest absolute Gasteiger partial charge is 0.356 e. The van der Waals surface area contributed by atoms with Gasteiger partial charge in [-0.1, -0.05) is 36.6 Å². The second kappa shape index (κ2) is 8.20. The molecule has 2 aromatic rings. The average molecular weight is 418 g/mol. The summed E-state index contributed by atoms with van der Waals surface area (Å²) in [6.45, 7) is 8.45. The quantitative estimate of drug-likeness (QED) is 0.755. The lowest BCUT2D eigenvalue weighted by atomic mass is 9.94. The van der Waals surface area contributed by atoms with E-state index in [1.165, 1.54) is 32.1 Å². The lowest BCUT2D eigenvalue weighted by Gasteiger charge is -2.40. The molecule has 1 aliphatic carbocycles. The highest BCUT2D eigenvalue weighted by atomic mass is 32.2. The van der Waals surface area contributed by atoms with Gasteiger partial charge in [-0.15, -0.1) is 0 Å². The van der Waals surface area contributed by atoms with E-state index in [-0.39, 0.29) is 0 Å². The van der Waals surface area contributed by atoms with Gasteiger partial charge in [0.05, 0.1) is 10.6 Å². The van der Waals surface area contributed by atoms with Crippen molar-refractivity contribution in [3.63, 3.8) is 0 Å². The molecule has 0 radical (unpaired) electrons. The Morgan fingerprint density at radius 1 is 1.00 bits per heavy atom. The monoisotopic (exact) mass is 417 g/mol. The number of aryl methyl sites for hydroxylation is 2. The Morgan fingerprint density at radius 2 is 1.69 bits per heavy atom. The van der Waals surface area contributed by atoms with E-state index in [2.05, 4.69) is 10.1 Å². The molecule has 4 rings (SSSR count). The van der Waals surface area contributed by atoms with Crippen molar-refractivity contribution in [1.82, 2.24) is 14.4 Å². The molecule has 2 aliphatic rings. The average Bonchev–Trinajstić information content (AvgIpc) is 3.07. The zero-order chi connectivity index (χ0) is 20.6. The van der Waals surface area contributed by atoms with E-state index in [1.54, 1.807) is 10.4 Å². The minimum absolute atomic E-state index is 0.370. The van der Waals surface area contributed by atoms with Crippen molar-refractivity contribution in [3.05, 3.63) is 35.0 Å². The van der Waals surface area contributed by atoms with E-state index in [1.807, 2.05) is 32.9 Å². The number of hydrogen-bond acceptors (Lipinski definition) is 5. The molecule has 0 atom stereocenters. The summed E-state index contributed by atoms with van der Waals surface area (Å²) in [5.41, 5.74) is 3.28. The standard InChI is InChI=1S/C22H31N3O3S/c1-16-9-10-19(22-17(2)18(3)23-28-22)15-21(16)29(26,27)25-13-11-24(12-14-25)20-7-5-4-6-8-20/h9-10,15,20H,4-8,11-14H2,1-3H3. The Balaban J connectivity index is 1.54. The van der Waals surface area contributed by atoms with Gasteiger partial charge in [0.2, 0.25) is 10.0 Å². The van der Waals surface area contributed by atoms with Gasteiger partial charge in [0.25, 0.3) is 0 Å². The fourth-order valence-electron chi connectivity index (χ4n) is 4.60. The minimum atomic E-state index is -3.54. The normalized spacial score (nSPS) is 20.2. The predicted octanol–water partition coefficient (Wildman–Crippen LogP) is 3.91. The maximum atomic E-state index is 13.4. The molecule has 0 spiro atoms. The zero-order valence-electron chi connectivity index (χ0n) is 17.6. The highest BCUT2D eigenvalue weighted by molar-refractivity contribution is 7.89. The van der Waals surface area contributed by atoms with Crippen molar-refractivity contribution in [1.29, 1.82) is 0 Å². The van der Waals surface area contributed by atoms with Crippen molar-refractivity contribution in [2.75, 3.05) is 26.2 Å². The van der Waals surface area contributed by atoms with Crippen LogP contribution < -0.4 is 0 Å². The van der Waals surface area contributed by atoms with E-state index < -0.39 is 10.0 Å². The molecule has 0 N–H and O–H groups in total. The highest BCUT2D eigenvalue weighted by Crippen LogP contribution is 2.31. The first kappa shape index (κ1) is 20.6. The minimum Gasteiger partial charge on any atom is -0.356 e. The first-order valence-electron chi connectivity index (χ1n) is 10.7. The van der Waals surface area contributed by atoms with Gasteiger partial charge in [0.15, 0.2) is 5.76 Å². The van der Waals surface area contributed by atoms with E-state index in [4.69, 9.17) is 4.52 Å².